The summed E-state index contributed by atoms with van der Waals surface area (Å²) in [6, 6.07) is 0. The van der Waals surface area contributed by atoms with Crippen LogP contribution in [0.2, 0.25) is 16.6 Å². The fourth-order valence-corrected chi connectivity index (χ4v) is 9.09. The zero-order valence-corrected chi connectivity index (χ0v) is 17.8. The van der Waals surface area contributed by atoms with Crippen molar-refractivity contribution in [1.29, 1.82) is 0 Å². The molecule has 0 radical (unpaired) electrons. The summed E-state index contributed by atoms with van der Waals surface area (Å²) in [6.45, 7) is 14.0. The third-order valence-corrected chi connectivity index (χ3v) is 12.8. The smallest absolute Gasteiger partial charge is 0.146 e. The Balaban J connectivity index is 3.35. The van der Waals surface area contributed by atoms with Crippen molar-refractivity contribution in [2.75, 3.05) is 0 Å². The molecule has 0 aliphatic carbocycles. The molecule has 0 N–H and O–H groups in total. The molecule has 0 fully saturated rings. The molecule has 0 aliphatic rings. The van der Waals surface area contributed by atoms with Gasteiger partial charge in [-0.1, -0.05) is 47.5 Å². The van der Waals surface area contributed by atoms with Crippen molar-refractivity contribution in [2.45, 2.75) is 58.2 Å². The number of halogens is 2. The molecule has 1 rings (SSSR count). The van der Waals surface area contributed by atoms with Gasteiger partial charge in [-0.05, 0) is 55.1 Å². The highest BCUT2D eigenvalue weighted by atomic mass is 127. The zero-order chi connectivity index (χ0) is 15.5. The van der Waals surface area contributed by atoms with Crippen LogP contribution in [0.4, 0.5) is 0 Å². The highest BCUT2D eigenvalue weighted by Crippen LogP contribution is 2.40. The van der Waals surface area contributed by atoms with Crippen LogP contribution >= 0.6 is 38.5 Å². The SMILES string of the molecule is CC(C)[Si](C#Cc1cncc(I)c1Br)(C(C)C)C(C)C. The maximum atomic E-state index is 4.26. The molecular formula is C16H23BrINSi. The van der Waals surface area contributed by atoms with Crippen LogP contribution in [0.25, 0.3) is 0 Å². The molecule has 20 heavy (non-hydrogen) atoms. The maximum Gasteiger partial charge on any atom is 0.146 e. The average molecular weight is 464 g/mol. The number of nitrogens with zero attached hydrogens (tertiary/aromatic N) is 1. The monoisotopic (exact) mass is 463 g/mol. The molecule has 0 saturated carbocycles. The van der Waals surface area contributed by atoms with Gasteiger partial charge >= 0.3 is 0 Å². The lowest BCUT2D eigenvalue weighted by atomic mass is 10.3. The summed E-state index contributed by atoms with van der Waals surface area (Å²) in [5.74, 6) is 3.44. The van der Waals surface area contributed by atoms with Gasteiger partial charge in [-0.25, -0.2) is 0 Å². The second-order valence-corrected chi connectivity index (χ2v) is 13.7. The Hall–Kier alpha value is 0.137. The van der Waals surface area contributed by atoms with Crippen molar-refractivity contribution < 1.29 is 0 Å². The summed E-state index contributed by atoms with van der Waals surface area (Å²) in [6.07, 6.45) is 3.72. The van der Waals surface area contributed by atoms with Crippen LogP contribution in [0, 0.1) is 15.0 Å². The summed E-state index contributed by atoms with van der Waals surface area (Å²) in [5.41, 5.74) is 6.71. The molecule has 4 heteroatoms. The van der Waals surface area contributed by atoms with Crippen LogP contribution in [0.5, 0.6) is 0 Å². The Morgan fingerprint density at radius 1 is 1.05 bits per heavy atom. The number of aromatic nitrogens is 1. The van der Waals surface area contributed by atoms with E-state index in [1.54, 1.807) is 0 Å². The first-order chi connectivity index (χ1) is 9.23. The van der Waals surface area contributed by atoms with Crippen LogP contribution in [-0.4, -0.2) is 13.1 Å². The molecule has 0 saturated heterocycles. The van der Waals surface area contributed by atoms with Crippen LogP contribution < -0.4 is 0 Å². The van der Waals surface area contributed by atoms with E-state index in [-0.39, 0.29) is 0 Å². The van der Waals surface area contributed by atoms with E-state index >= 15 is 0 Å². The van der Waals surface area contributed by atoms with E-state index in [1.807, 2.05) is 12.4 Å². The molecule has 0 spiro atoms. The first kappa shape index (κ1) is 18.2. The van der Waals surface area contributed by atoms with Gasteiger partial charge in [-0.2, -0.15) is 0 Å². The second kappa shape index (κ2) is 7.41. The Bertz CT molecular complexity index is 507. The average Bonchev–Trinajstić information content (AvgIpc) is 2.33. The van der Waals surface area contributed by atoms with Crippen LogP contribution in [-0.2, 0) is 0 Å². The van der Waals surface area contributed by atoms with Gasteiger partial charge in [-0.15, -0.1) is 5.54 Å². The minimum absolute atomic E-state index is 0.657. The van der Waals surface area contributed by atoms with Crippen LogP contribution in [0.15, 0.2) is 16.9 Å². The first-order valence-corrected chi connectivity index (χ1v) is 11.2. The van der Waals surface area contributed by atoms with Crippen molar-refractivity contribution >= 4 is 46.6 Å². The van der Waals surface area contributed by atoms with Gasteiger partial charge < -0.3 is 0 Å². The minimum Gasteiger partial charge on any atom is -0.262 e. The zero-order valence-electron chi connectivity index (χ0n) is 13.1. The number of hydrogen-bond donors (Lipinski definition) is 0. The third kappa shape index (κ3) is 3.66. The maximum absolute atomic E-state index is 4.26. The van der Waals surface area contributed by atoms with E-state index in [0.29, 0.717) is 16.6 Å². The Kier molecular flexibility index (Phi) is 6.74. The quantitative estimate of drug-likeness (QED) is 0.303. The predicted octanol–water partition coefficient (Wildman–Crippen LogP) is 6.02. The molecule has 1 nitrogen and oxygen atoms in total. The number of pyridine rings is 1. The lowest BCUT2D eigenvalue weighted by molar-refractivity contribution is 0.838. The van der Waals surface area contributed by atoms with E-state index in [2.05, 4.69) is 96.5 Å². The van der Waals surface area contributed by atoms with Gasteiger partial charge in [-0.3, -0.25) is 4.98 Å². The molecular weight excluding hydrogens is 441 g/mol. The van der Waals surface area contributed by atoms with E-state index in [9.17, 15) is 0 Å². The lowest BCUT2D eigenvalue weighted by Gasteiger charge is -2.38. The largest absolute Gasteiger partial charge is 0.262 e. The van der Waals surface area contributed by atoms with Crippen molar-refractivity contribution in [1.82, 2.24) is 4.98 Å². The molecule has 0 amide bonds. The standard InChI is InChI=1S/C16H23BrINSi/c1-11(2)20(12(3)4,13(5)6)8-7-14-9-19-10-15(18)16(14)17/h9-13H,1-6H3. The van der Waals surface area contributed by atoms with Crippen LogP contribution in [0.3, 0.4) is 0 Å². The minimum atomic E-state index is -1.66. The highest BCUT2D eigenvalue weighted by Gasteiger charge is 2.41. The van der Waals surface area contributed by atoms with Gasteiger partial charge in [0, 0.05) is 20.4 Å². The predicted molar refractivity (Wildman–Crippen MR) is 103 cm³/mol. The summed E-state index contributed by atoms with van der Waals surface area (Å²) >= 11 is 5.91. The third-order valence-electron chi connectivity index (χ3n) is 4.12. The molecule has 0 atom stereocenters. The molecule has 0 unspecified atom stereocenters. The van der Waals surface area contributed by atoms with E-state index in [4.69, 9.17) is 0 Å². The molecule has 1 heterocycles. The molecule has 0 aliphatic heterocycles. The Morgan fingerprint density at radius 2 is 1.55 bits per heavy atom. The first-order valence-electron chi connectivity index (χ1n) is 7.05. The lowest BCUT2D eigenvalue weighted by Crippen LogP contribution is -2.43. The summed E-state index contributed by atoms with van der Waals surface area (Å²) in [4.78, 5) is 4.26. The van der Waals surface area contributed by atoms with E-state index < -0.39 is 8.07 Å². The number of hydrogen-bond acceptors (Lipinski definition) is 1. The van der Waals surface area contributed by atoms with Crippen LogP contribution in [0.1, 0.15) is 47.1 Å². The molecule has 1 aromatic heterocycles. The van der Waals surface area contributed by atoms with Crippen molar-refractivity contribution in [3.8, 4) is 11.5 Å². The normalized spacial score (nSPS) is 11.9. The van der Waals surface area contributed by atoms with Crippen molar-refractivity contribution in [2.24, 2.45) is 0 Å². The van der Waals surface area contributed by atoms with Gasteiger partial charge in [0.15, 0.2) is 0 Å². The Morgan fingerprint density at radius 3 is 2.00 bits per heavy atom. The van der Waals surface area contributed by atoms with Gasteiger partial charge in [0.2, 0.25) is 0 Å². The second-order valence-electron chi connectivity index (χ2n) is 6.13. The summed E-state index contributed by atoms with van der Waals surface area (Å²) in [7, 11) is -1.66. The van der Waals surface area contributed by atoms with Gasteiger partial charge in [0.1, 0.15) is 8.07 Å². The van der Waals surface area contributed by atoms with Gasteiger partial charge in [0.25, 0.3) is 0 Å². The number of rotatable bonds is 3. The molecule has 0 bridgehead atoms. The van der Waals surface area contributed by atoms with Crippen molar-refractivity contribution in [3.63, 3.8) is 0 Å². The molecule has 110 valence electrons. The topological polar surface area (TPSA) is 12.9 Å². The van der Waals surface area contributed by atoms with Gasteiger partial charge in [0.05, 0.1) is 5.56 Å². The summed E-state index contributed by atoms with van der Waals surface area (Å²) < 4.78 is 2.18. The van der Waals surface area contributed by atoms with E-state index in [0.717, 1.165) is 13.6 Å². The van der Waals surface area contributed by atoms with E-state index in [1.165, 1.54) is 0 Å². The van der Waals surface area contributed by atoms with Crippen molar-refractivity contribution in [3.05, 3.63) is 26.0 Å². The Labute approximate surface area is 146 Å². The summed E-state index contributed by atoms with van der Waals surface area (Å²) in [5, 5.41) is 0. The fourth-order valence-electron chi connectivity index (χ4n) is 3.11. The molecule has 1 aromatic rings. The highest BCUT2D eigenvalue weighted by molar-refractivity contribution is 14.1. The molecule has 0 aromatic carbocycles. The fraction of sp³-hybridized carbons (Fsp3) is 0.562.